The molecule has 1 aromatic carbocycles. The zero-order chi connectivity index (χ0) is 16.9. The normalized spacial score (nSPS) is 10.6. The van der Waals surface area contributed by atoms with Gasteiger partial charge in [0.25, 0.3) is 5.91 Å². The third kappa shape index (κ3) is 3.65. The lowest BCUT2D eigenvalue weighted by atomic mass is 10.2. The van der Waals surface area contributed by atoms with E-state index in [-0.39, 0.29) is 5.56 Å². The van der Waals surface area contributed by atoms with Crippen LogP contribution in [0.5, 0.6) is 0 Å². The summed E-state index contributed by atoms with van der Waals surface area (Å²) >= 11 is 1.59. The Labute approximate surface area is 143 Å². The van der Waals surface area contributed by atoms with Crippen molar-refractivity contribution in [3.8, 4) is 10.6 Å². The highest BCUT2D eigenvalue weighted by molar-refractivity contribution is 7.15. The first-order chi connectivity index (χ1) is 11.6. The Morgan fingerprint density at radius 1 is 1.25 bits per heavy atom. The number of hydrogen-bond acceptors (Lipinski definition) is 4. The summed E-state index contributed by atoms with van der Waals surface area (Å²) in [7, 11) is 0. The molecule has 24 heavy (non-hydrogen) atoms. The number of nitrogens with zero attached hydrogens (tertiary/aromatic N) is 2. The molecule has 2 heterocycles. The van der Waals surface area contributed by atoms with Gasteiger partial charge in [0, 0.05) is 35.8 Å². The van der Waals surface area contributed by atoms with E-state index in [4.69, 9.17) is 0 Å². The first kappa shape index (κ1) is 16.3. The Kier molecular flexibility index (Phi) is 4.96. The van der Waals surface area contributed by atoms with Crippen LogP contribution in [0, 0.1) is 12.7 Å². The topological polar surface area (TPSA) is 54.9 Å². The van der Waals surface area contributed by atoms with E-state index in [2.05, 4.69) is 15.3 Å². The summed E-state index contributed by atoms with van der Waals surface area (Å²) in [5.41, 5.74) is 1.99. The van der Waals surface area contributed by atoms with Gasteiger partial charge in [0.05, 0.1) is 11.3 Å². The van der Waals surface area contributed by atoms with E-state index in [0.717, 1.165) is 21.1 Å². The van der Waals surface area contributed by atoms with Gasteiger partial charge in [0.1, 0.15) is 10.8 Å². The van der Waals surface area contributed by atoms with E-state index in [1.807, 2.05) is 19.1 Å². The summed E-state index contributed by atoms with van der Waals surface area (Å²) in [6, 6.07) is 9.80. The third-order valence-electron chi connectivity index (χ3n) is 3.56. The van der Waals surface area contributed by atoms with E-state index in [1.165, 1.54) is 12.1 Å². The van der Waals surface area contributed by atoms with Gasteiger partial charge < -0.3 is 5.32 Å². The maximum Gasteiger partial charge on any atom is 0.254 e. The predicted molar refractivity (Wildman–Crippen MR) is 92.5 cm³/mol. The minimum atomic E-state index is -0.511. The molecule has 0 aliphatic heterocycles. The van der Waals surface area contributed by atoms with Crippen LogP contribution in [0.25, 0.3) is 10.6 Å². The SMILES string of the molecule is Cc1nc(-c2cccnc2)sc1CCNC(=O)c1ccccc1F. The minimum absolute atomic E-state index is 0.0644. The molecule has 0 atom stereocenters. The van der Waals surface area contributed by atoms with Gasteiger partial charge in [-0.3, -0.25) is 9.78 Å². The first-order valence-electron chi connectivity index (χ1n) is 7.54. The molecule has 0 saturated carbocycles. The van der Waals surface area contributed by atoms with Crippen molar-refractivity contribution in [1.29, 1.82) is 0 Å². The van der Waals surface area contributed by atoms with E-state index in [0.29, 0.717) is 13.0 Å². The van der Waals surface area contributed by atoms with Crippen molar-refractivity contribution in [2.75, 3.05) is 6.54 Å². The van der Waals surface area contributed by atoms with Gasteiger partial charge in [0.15, 0.2) is 0 Å². The van der Waals surface area contributed by atoms with E-state index < -0.39 is 11.7 Å². The molecule has 0 unspecified atom stereocenters. The Bertz CT molecular complexity index is 848. The smallest absolute Gasteiger partial charge is 0.254 e. The fraction of sp³-hybridized carbons (Fsp3) is 0.167. The van der Waals surface area contributed by atoms with Crippen molar-refractivity contribution < 1.29 is 9.18 Å². The van der Waals surface area contributed by atoms with E-state index in [9.17, 15) is 9.18 Å². The molecule has 6 heteroatoms. The third-order valence-corrected chi connectivity index (χ3v) is 4.82. The lowest BCUT2D eigenvalue weighted by Gasteiger charge is -2.05. The van der Waals surface area contributed by atoms with E-state index >= 15 is 0 Å². The molecule has 2 aromatic heterocycles. The van der Waals surface area contributed by atoms with Gasteiger partial charge in [0.2, 0.25) is 0 Å². The largest absolute Gasteiger partial charge is 0.352 e. The summed E-state index contributed by atoms with van der Waals surface area (Å²) in [4.78, 5) is 21.8. The number of benzene rings is 1. The molecular weight excluding hydrogens is 325 g/mol. The van der Waals surface area contributed by atoms with Crippen LogP contribution in [0.4, 0.5) is 4.39 Å². The second kappa shape index (κ2) is 7.31. The molecule has 0 aliphatic rings. The number of amides is 1. The van der Waals surface area contributed by atoms with Gasteiger partial charge >= 0.3 is 0 Å². The maximum absolute atomic E-state index is 13.6. The maximum atomic E-state index is 13.6. The monoisotopic (exact) mass is 341 g/mol. The van der Waals surface area contributed by atoms with Crippen LogP contribution in [-0.4, -0.2) is 22.4 Å². The quantitative estimate of drug-likeness (QED) is 0.771. The summed E-state index contributed by atoms with van der Waals surface area (Å²) < 4.78 is 13.6. The number of carbonyl (C=O) groups excluding carboxylic acids is 1. The highest BCUT2D eigenvalue weighted by Crippen LogP contribution is 2.27. The van der Waals surface area contributed by atoms with Crippen LogP contribution in [-0.2, 0) is 6.42 Å². The molecule has 0 radical (unpaired) electrons. The summed E-state index contributed by atoms with van der Waals surface area (Å²) in [5.74, 6) is -0.911. The summed E-state index contributed by atoms with van der Waals surface area (Å²) in [6.45, 7) is 2.38. The fourth-order valence-corrected chi connectivity index (χ4v) is 3.35. The van der Waals surface area contributed by atoms with Gasteiger partial charge in [-0.2, -0.15) is 0 Å². The molecule has 4 nitrogen and oxygen atoms in total. The number of hydrogen-bond donors (Lipinski definition) is 1. The Morgan fingerprint density at radius 3 is 2.83 bits per heavy atom. The zero-order valence-electron chi connectivity index (χ0n) is 13.1. The lowest BCUT2D eigenvalue weighted by Crippen LogP contribution is -2.26. The number of halogens is 1. The van der Waals surface area contributed by atoms with Crippen LogP contribution in [0.3, 0.4) is 0 Å². The highest BCUT2D eigenvalue weighted by atomic mass is 32.1. The van der Waals surface area contributed by atoms with Crippen molar-refractivity contribution in [2.45, 2.75) is 13.3 Å². The lowest BCUT2D eigenvalue weighted by molar-refractivity contribution is 0.0950. The molecule has 0 fully saturated rings. The molecule has 0 bridgehead atoms. The van der Waals surface area contributed by atoms with E-state index in [1.54, 1.807) is 35.9 Å². The molecule has 0 aliphatic carbocycles. The van der Waals surface area contributed by atoms with Crippen molar-refractivity contribution in [3.63, 3.8) is 0 Å². The van der Waals surface area contributed by atoms with Crippen molar-refractivity contribution in [3.05, 3.63) is 70.7 Å². The molecule has 0 saturated heterocycles. The van der Waals surface area contributed by atoms with Crippen LogP contribution in [0.15, 0.2) is 48.8 Å². The Hall–Kier alpha value is -2.60. The fourth-order valence-electron chi connectivity index (χ4n) is 2.30. The molecule has 1 amide bonds. The second-order valence-corrected chi connectivity index (χ2v) is 6.34. The summed E-state index contributed by atoms with van der Waals surface area (Å²) in [6.07, 6.45) is 4.16. The average Bonchev–Trinajstić information content (AvgIpc) is 2.97. The van der Waals surface area contributed by atoms with Crippen molar-refractivity contribution in [1.82, 2.24) is 15.3 Å². The molecular formula is C18H16FN3OS. The van der Waals surface area contributed by atoms with Crippen LogP contribution in [0.2, 0.25) is 0 Å². The average molecular weight is 341 g/mol. The minimum Gasteiger partial charge on any atom is -0.352 e. The molecule has 3 rings (SSSR count). The Balaban J connectivity index is 1.62. The summed E-state index contributed by atoms with van der Waals surface area (Å²) in [5, 5.41) is 3.67. The van der Waals surface area contributed by atoms with Gasteiger partial charge in [-0.1, -0.05) is 12.1 Å². The van der Waals surface area contributed by atoms with Gasteiger partial charge in [-0.05, 0) is 31.2 Å². The number of carbonyl (C=O) groups is 1. The van der Waals surface area contributed by atoms with Crippen molar-refractivity contribution >= 4 is 17.2 Å². The number of aromatic nitrogens is 2. The van der Waals surface area contributed by atoms with Crippen molar-refractivity contribution in [2.24, 2.45) is 0 Å². The standard InChI is InChI=1S/C18H16FN3OS/c1-12-16(24-18(22-12)13-5-4-9-20-11-13)8-10-21-17(23)14-6-2-3-7-15(14)19/h2-7,9,11H,8,10H2,1H3,(H,21,23). The van der Waals surface area contributed by atoms with Gasteiger partial charge in [-0.25, -0.2) is 9.37 Å². The number of pyridine rings is 1. The number of thiazole rings is 1. The van der Waals surface area contributed by atoms with Gasteiger partial charge in [-0.15, -0.1) is 11.3 Å². The predicted octanol–water partition coefficient (Wildman–Crippen LogP) is 3.63. The molecule has 0 spiro atoms. The zero-order valence-corrected chi connectivity index (χ0v) is 13.9. The number of nitrogens with one attached hydrogen (secondary N) is 1. The first-order valence-corrected chi connectivity index (χ1v) is 8.36. The molecule has 1 N–H and O–H groups in total. The number of rotatable bonds is 5. The van der Waals surface area contributed by atoms with Crippen LogP contribution >= 0.6 is 11.3 Å². The van der Waals surface area contributed by atoms with Crippen LogP contribution in [0.1, 0.15) is 20.9 Å². The number of aryl methyl sites for hydroxylation is 1. The molecule has 3 aromatic rings. The van der Waals surface area contributed by atoms with Crippen LogP contribution < -0.4 is 5.32 Å². The second-order valence-electron chi connectivity index (χ2n) is 5.26. The Morgan fingerprint density at radius 2 is 2.08 bits per heavy atom. The highest BCUT2D eigenvalue weighted by Gasteiger charge is 2.12. The molecule has 122 valence electrons.